The molecule has 1 N–H and O–H groups in total. The number of hydrogen-bond acceptors (Lipinski definition) is 4. The average molecular weight is 291 g/mol. The Kier molecular flexibility index (Phi) is 4.16. The summed E-state index contributed by atoms with van der Waals surface area (Å²) in [6.45, 7) is 2.40. The summed E-state index contributed by atoms with van der Waals surface area (Å²) >= 11 is 0. The molecule has 6 nitrogen and oxygen atoms in total. The van der Waals surface area contributed by atoms with Crippen molar-refractivity contribution in [1.29, 1.82) is 0 Å². The van der Waals surface area contributed by atoms with Crippen molar-refractivity contribution in [3.05, 3.63) is 34.1 Å². The van der Waals surface area contributed by atoms with E-state index in [1.54, 1.807) is 16.7 Å². The summed E-state index contributed by atoms with van der Waals surface area (Å²) in [5, 5.41) is 9.40. The number of aromatic nitrogens is 1. The van der Waals surface area contributed by atoms with Gasteiger partial charge in [0.1, 0.15) is 11.5 Å². The van der Waals surface area contributed by atoms with Crippen molar-refractivity contribution >= 4 is 16.9 Å². The maximum absolute atomic E-state index is 12.4. The van der Waals surface area contributed by atoms with Gasteiger partial charge in [-0.05, 0) is 19.1 Å². The first-order valence-electron chi connectivity index (χ1n) is 6.52. The number of carboxylic acids is 1. The summed E-state index contributed by atoms with van der Waals surface area (Å²) in [7, 11) is 3.00. The van der Waals surface area contributed by atoms with Crippen LogP contribution in [-0.4, -0.2) is 29.9 Å². The molecule has 6 heteroatoms. The summed E-state index contributed by atoms with van der Waals surface area (Å²) in [6.07, 6.45) is -0.223. The Morgan fingerprint density at radius 2 is 1.86 bits per heavy atom. The number of aryl methyl sites for hydroxylation is 1. The Labute approximate surface area is 121 Å². The van der Waals surface area contributed by atoms with Gasteiger partial charge in [-0.2, -0.15) is 0 Å². The van der Waals surface area contributed by atoms with Gasteiger partial charge < -0.3 is 19.1 Å². The Bertz CT molecular complexity index is 748. The van der Waals surface area contributed by atoms with Crippen LogP contribution in [0.5, 0.6) is 11.5 Å². The highest BCUT2D eigenvalue weighted by molar-refractivity contribution is 5.91. The second kappa shape index (κ2) is 5.87. The van der Waals surface area contributed by atoms with E-state index in [0.29, 0.717) is 34.6 Å². The molecule has 1 aromatic heterocycles. The van der Waals surface area contributed by atoms with Crippen molar-refractivity contribution in [2.24, 2.45) is 0 Å². The SMILES string of the molecule is CCn1c(CC(=O)O)cc(=O)c2c(OC)ccc(OC)c21. The number of pyridine rings is 1. The first kappa shape index (κ1) is 14.9. The monoisotopic (exact) mass is 291 g/mol. The topological polar surface area (TPSA) is 77.8 Å². The van der Waals surface area contributed by atoms with E-state index in [1.807, 2.05) is 6.92 Å². The fourth-order valence-corrected chi connectivity index (χ4v) is 2.50. The molecule has 0 aliphatic rings. The van der Waals surface area contributed by atoms with Crippen LogP contribution in [0.1, 0.15) is 12.6 Å². The Morgan fingerprint density at radius 3 is 2.38 bits per heavy atom. The summed E-state index contributed by atoms with van der Waals surface area (Å²) < 4.78 is 12.3. The minimum absolute atomic E-state index is 0.223. The molecule has 21 heavy (non-hydrogen) atoms. The molecule has 0 saturated heterocycles. The highest BCUT2D eigenvalue weighted by Crippen LogP contribution is 2.31. The molecule has 2 aromatic rings. The lowest BCUT2D eigenvalue weighted by Crippen LogP contribution is -2.17. The van der Waals surface area contributed by atoms with Crippen molar-refractivity contribution in [3.8, 4) is 11.5 Å². The second-order valence-corrected chi connectivity index (χ2v) is 4.51. The van der Waals surface area contributed by atoms with Gasteiger partial charge in [-0.25, -0.2) is 0 Å². The molecule has 0 spiro atoms. The molecule has 0 atom stereocenters. The minimum Gasteiger partial charge on any atom is -0.496 e. The van der Waals surface area contributed by atoms with Gasteiger partial charge in [0, 0.05) is 18.3 Å². The second-order valence-electron chi connectivity index (χ2n) is 4.51. The van der Waals surface area contributed by atoms with Crippen LogP contribution in [0.4, 0.5) is 0 Å². The van der Waals surface area contributed by atoms with Gasteiger partial charge in [0.25, 0.3) is 0 Å². The molecule has 1 heterocycles. The van der Waals surface area contributed by atoms with Crippen LogP contribution in [0, 0.1) is 0 Å². The molecule has 0 aliphatic heterocycles. The van der Waals surface area contributed by atoms with Crippen molar-refractivity contribution in [2.75, 3.05) is 14.2 Å². The number of fused-ring (bicyclic) bond motifs is 1. The number of benzene rings is 1. The number of rotatable bonds is 5. The molecule has 0 fully saturated rings. The number of aliphatic carboxylic acids is 1. The van der Waals surface area contributed by atoms with E-state index < -0.39 is 5.97 Å². The molecular weight excluding hydrogens is 274 g/mol. The lowest BCUT2D eigenvalue weighted by molar-refractivity contribution is -0.136. The Morgan fingerprint density at radius 1 is 1.24 bits per heavy atom. The number of carbonyl (C=O) groups is 1. The molecule has 0 aliphatic carbocycles. The largest absolute Gasteiger partial charge is 0.496 e. The maximum Gasteiger partial charge on any atom is 0.309 e. The number of carboxylic acid groups (broad SMARTS) is 1. The zero-order chi connectivity index (χ0) is 15.6. The molecule has 0 bridgehead atoms. The van der Waals surface area contributed by atoms with Gasteiger partial charge in [-0.15, -0.1) is 0 Å². The summed E-state index contributed by atoms with van der Waals surface area (Å²) in [4.78, 5) is 23.3. The number of ether oxygens (including phenoxy) is 2. The van der Waals surface area contributed by atoms with E-state index in [2.05, 4.69) is 0 Å². The van der Waals surface area contributed by atoms with E-state index in [9.17, 15) is 9.59 Å². The van der Waals surface area contributed by atoms with Crippen molar-refractivity contribution in [3.63, 3.8) is 0 Å². The molecular formula is C15H17NO5. The Balaban J connectivity index is 2.94. The Hall–Kier alpha value is -2.50. The third-order valence-electron chi connectivity index (χ3n) is 3.35. The number of nitrogens with zero attached hydrogens (tertiary/aromatic N) is 1. The predicted molar refractivity (Wildman–Crippen MR) is 78.3 cm³/mol. The molecule has 0 amide bonds. The minimum atomic E-state index is -0.988. The van der Waals surface area contributed by atoms with Crippen LogP contribution >= 0.6 is 0 Å². The van der Waals surface area contributed by atoms with Crippen LogP contribution in [0.25, 0.3) is 10.9 Å². The zero-order valence-corrected chi connectivity index (χ0v) is 12.2. The third kappa shape index (κ3) is 2.56. The van der Waals surface area contributed by atoms with E-state index in [-0.39, 0.29) is 11.8 Å². The molecule has 0 unspecified atom stereocenters. The van der Waals surface area contributed by atoms with Gasteiger partial charge in [-0.3, -0.25) is 9.59 Å². The number of hydrogen-bond donors (Lipinski definition) is 1. The van der Waals surface area contributed by atoms with Crippen LogP contribution in [0.3, 0.4) is 0 Å². The molecule has 0 saturated carbocycles. The maximum atomic E-state index is 12.4. The molecule has 0 radical (unpaired) electrons. The summed E-state index contributed by atoms with van der Waals surface area (Å²) in [5.74, 6) is -0.0327. The molecule has 1 aromatic carbocycles. The van der Waals surface area contributed by atoms with Gasteiger partial charge >= 0.3 is 5.97 Å². The fourth-order valence-electron chi connectivity index (χ4n) is 2.50. The quantitative estimate of drug-likeness (QED) is 0.906. The standard InChI is InChI=1S/C15H17NO5/c1-4-16-9(8-13(18)19)7-10(17)14-11(20-2)5-6-12(21-3)15(14)16/h5-7H,4,8H2,1-3H3,(H,18,19). The molecule has 112 valence electrons. The third-order valence-corrected chi connectivity index (χ3v) is 3.35. The van der Waals surface area contributed by atoms with Crippen molar-refractivity contribution in [1.82, 2.24) is 4.57 Å². The lowest BCUT2D eigenvalue weighted by Gasteiger charge is -2.18. The first-order valence-corrected chi connectivity index (χ1v) is 6.52. The highest BCUT2D eigenvalue weighted by atomic mass is 16.5. The van der Waals surface area contributed by atoms with Crippen LogP contribution in [-0.2, 0) is 17.8 Å². The smallest absolute Gasteiger partial charge is 0.309 e. The van der Waals surface area contributed by atoms with Gasteiger partial charge in [-0.1, -0.05) is 0 Å². The van der Waals surface area contributed by atoms with E-state index in [4.69, 9.17) is 14.6 Å². The van der Waals surface area contributed by atoms with Crippen molar-refractivity contribution in [2.45, 2.75) is 19.9 Å². The van der Waals surface area contributed by atoms with Crippen LogP contribution in [0.2, 0.25) is 0 Å². The van der Waals surface area contributed by atoms with Crippen LogP contribution in [0.15, 0.2) is 23.0 Å². The summed E-state index contributed by atoms with van der Waals surface area (Å²) in [5.41, 5.74) is 0.721. The zero-order valence-electron chi connectivity index (χ0n) is 12.2. The van der Waals surface area contributed by atoms with E-state index >= 15 is 0 Å². The lowest BCUT2D eigenvalue weighted by atomic mass is 10.1. The normalized spacial score (nSPS) is 10.6. The average Bonchev–Trinajstić information content (AvgIpc) is 2.45. The number of methoxy groups -OCH3 is 2. The van der Waals surface area contributed by atoms with Crippen molar-refractivity contribution < 1.29 is 19.4 Å². The fraction of sp³-hybridized carbons (Fsp3) is 0.333. The first-order chi connectivity index (χ1) is 10.0. The predicted octanol–water partition coefficient (Wildman–Crippen LogP) is 1.67. The van der Waals surface area contributed by atoms with E-state index in [1.165, 1.54) is 20.3 Å². The van der Waals surface area contributed by atoms with E-state index in [0.717, 1.165) is 0 Å². The van der Waals surface area contributed by atoms with Gasteiger partial charge in [0.15, 0.2) is 5.43 Å². The van der Waals surface area contributed by atoms with Gasteiger partial charge in [0.2, 0.25) is 0 Å². The summed E-state index contributed by atoms with van der Waals surface area (Å²) in [6, 6.07) is 4.72. The van der Waals surface area contributed by atoms with Gasteiger partial charge in [0.05, 0.1) is 31.5 Å². The highest BCUT2D eigenvalue weighted by Gasteiger charge is 2.17. The van der Waals surface area contributed by atoms with Crippen LogP contribution < -0.4 is 14.9 Å². The molecule has 2 rings (SSSR count).